The molecule has 1 aromatic rings. The molecule has 0 aliphatic carbocycles. The molecule has 0 aromatic heterocycles. The fourth-order valence-corrected chi connectivity index (χ4v) is 1.77. The van der Waals surface area contributed by atoms with Crippen LogP contribution in [-0.4, -0.2) is 35.6 Å². The normalized spacial score (nSPS) is 10.9. The summed E-state index contributed by atoms with van der Waals surface area (Å²) in [5.74, 6) is -0.441. The summed E-state index contributed by atoms with van der Waals surface area (Å²) < 4.78 is 0. The number of nitriles is 1. The van der Waals surface area contributed by atoms with Crippen LogP contribution in [0.4, 0.5) is 0 Å². The zero-order valence-electron chi connectivity index (χ0n) is 11.8. The Balaban J connectivity index is 2.65. The summed E-state index contributed by atoms with van der Waals surface area (Å²) in [4.78, 5) is 13.7. The van der Waals surface area contributed by atoms with Crippen molar-refractivity contribution in [3.8, 4) is 6.07 Å². The summed E-state index contributed by atoms with van der Waals surface area (Å²) in [6.45, 7) is 3.16. The molecule has 0 saturated carbocycles. The Kier molecular flexibility index (Phi) is 7.30. The number of rotatable bonds is 7. The molecule has 5 nitrogen and oxygen atoms in total. The van der Waals surface area contributed by atoms with E-state index in [9.17, 15) is 4.79 Å². The van der Waals surface area contributed by atoms with Crippen molar-refractivity contribution in [2.45, 2.75) is 13.5 Å². The van der Waals surface area contributed by atoms with E-state index in [0.29, 0.717) is 24.7 Å². The van der Waals surface area contributed by atoms with E-state index in [0.717, 1.165) is 5.56 Å². The smallest absolute Gasteiger partial charge is 0.263 e. The number of halogens is 1. The van der Waals surface area contributed by atoms with Crippen LogP contribution in [0.2, 0.25) is 5.02 Å². The highest BCUT2D eigenvalue weighted by Crippen LogP contribution is 2.09. The molecule has 0 atom stereocenters. The van der Waals surface area contributed by atoms with Crippen LogP contribution in [0, 0.1) is 11.3 Å². The quantitative estimate of drug-likeness (QED) is 0.593. The maximum atomic E-state index is 12.0. The summed E-state index contributed by atoms with van der Waals surface area (Å²) >= 11 is 5.78. The predicted octanol–water partition coefficient (Wildman–Crippen LogP) is 1.68. The minimum absolute atomic E-state index is 0.0132. The molecule has 0 radical (unpaired) electrons. The SMILES string of the molecule is CCN(/C=C(/C#N)C(=O)NCc1ccc(Cl)cc1)CCO. The molecule has 1 rings (SSSR count). The van der Waals surface area contributed by atoms with Crippen molar-refractivity contribution in [1.82, 2.24) is 10.2 Å². The number of amides is 1. The molecule has 1 amide bonds. The van der Waals surface area contributed by atoms with Crippen molar-refractivity contribution < 1.29 is 9.90 Å². The summed E-state index contributed by atoms with van der Waals surface area (Å²) in [5.41, 5.74) is 0.909. The molecule has 0 spiro atoms. The number of aliphatic hydroxyl groups is 1. The number of hydrogen-bond acceptors (Lipinski definition) is 4. The predicted molar refractivity (Wildman–Crippen MR) is 81.3 cm³/mol. The van der Waals surface area contributed by atoms with Gasteiger partial charge in [-0.05, 0) is 24.6 Å². The van der Waals surface area contributed by atoms with Crippen LogP contribution in [-0.2, 0) is 11.3 Å². The van der Waals surface area contributed by atoms with Gasteiger partial charge in [-0.1, -0.05) is 23.7 Å². The zero-order chi connectivity index (χ0) is 15.7. The molecular weight excluding hydrogens is 290 g/mol. The van der Waals surface area contributed by atoms with E-state index in [2.05, 4.69) is 5.32 Å². The van der Waals surface area contributed by atoms with Crippen molar-refractivity contribution in [3.05, 3.63) is 46.6 Å². The van der Waals surface area contributed by atoms with Gasteiger partial charge in [-0.2, -0.15) is 5.26 Å². The molecule has 1 aromatic carbocycles. The van der Waals surface area contributed by atoms with Gasteiger partial charge in [0.05, 0.1) is 6.61 Å². The monoisotopic (exact) mass is 307 g/mol. The van der Waals surface area contributed by atoms with Gasteiger partial charge in [0, 0.05) is 30.9 Å². The van der Waals surface area contributed by atoms with Gasteiger partial charge in [0.1, 0.15) is 11.6 Å². The van der Waals surface area contributed by atoms with Gasteiger partial charge in [-0.25, -0.2) is 0 Å². The summed E-state index contributed by atoms with van der Waals surface area (Å²) in [5, 5.41) is 21.3. The van der Waals surface area contributed by atoms with E-state index in [1.54, 1.807) is 17.0 Å². The standard InChI is InChI=1S/C15H18ClN3O2/c1-2-19(7-8-20)11-13(9-17)15(21)18-10-12-3-5-14(16)6-4-12/h3-6,11,20H,2,7-8,10H2,1H3,(H,18,21)/b13-11-. The van der Waals surface area contributed by atoms with Gasteiger partial charge in [-0.3, -0.25) is 4.79 Å². The Morgan fingerprint density at radius 1 is 1.48 bits per heavy atom. The molecule has 0 unspecified atom stereocenters. The Bertz CT molecular complexity index is 535. The Morgan fingerprint density at radius 2 is 2.14 bits per heavy atom. The van der Waals surface area contributed by atoms with E-state index in [-0.39, 0.29) is 12.2 Å². The average molecular weight is 308 g/mol. The molecule has 6 heteroatoms. The van der Waals surface area contributed by atoms with Crippen molar-refractivity contribution in [2.75, 3.05) is 19.7 Å². The van der Waals surface area contributed by atoms with E-state index >= 15 is 0 Å². The van der Waals surface area contributed by atoms with Gasteiger partial charge in [0.15, 0.2) is 0 Å². The maximum absolute atomic E-state index is 12.0. The van der Waals surface area contributed by atoms with Gasteiger partial charge < -0.3 is 15.3 Å². The minimum atomic E-state index is -0.441. The van der Waals surface area contributed by atoms with E-state index in [1.165, 1.54) is 6.20 Å². The first-order valence-electron chi connectivity index (χ1n) is 6.60. The highest BCUT2D eigenvalue weighted by Gasteiger charge is 2.10. The first-order valence-corrected chi connectivity index (χ1v) is 6.98. The maximum Gasteiger partial charge on any atom is 0.263 e. The number of hydrogen-bond donors (Lipinski definition) is 2. The summed E-state index contributed by atoms with van der Waals surface area (Å²) in [7, 11) is 0. The number of benzene rings is 1. The van der Waals surface area contributed by atoms with Crippen LogP contribution in [0.15, 0.2) is 36.0 Å². The van der Waals surface area contributed by atoms with Crippen molar-refractivity contribution in [3.63, 3.8) is 0 Å². The summed E-state index contributed by atoms with van der Waals surface area (Å²) in [6, 6.07) is 8.97. The van der Waals surface area contributed by atoms with Crippen molar-refractivity contribution in [2.24, 2.45) is 0 Å². The number of nitrogens with one attached hydrogen (secondary N) is 1. The van der Waals surface area contributed by atoms with Crippen LogP contribution >= 0.6 is 11.6 Å². The lowest BCUT2D eigenvalue weighted by molar-refractivity contribution is -0.117. The van der Waals surface area contributed by atoms with Crippen molar-refractivity contribution >= 4 is 17.5 Å². The van der Waals surface area contributed by atoms with Crippen molar-refractivity contribution in [1.29, 1.82) is 5.26 Å². The number of likely N-dealkylation sites (N-methyl/N-ethyl adjacent to an activating group) is 1. The molecule has 112 valence electrons. The Morgan fingerprint density at radius 3 is 2.67 bits per heavy atom. The van der Waals surface area contributed by atoms with E-state index < -0.39 is 5.91 Å². The lowest BCUT2D eigenvalue weighted by Gasteiger charge is -2.17. The molecule has 0 saturated heterocycles. The third-order valence-corrected chi connectivity index (χ3v) is 3.09. The van der Waals surface area contributed by atoms with Gasteiger partial charge in [0.25, 0.3) is 5.91 Å². The highest BCUT2D eigenvalue weighted by molar-refractivity contribution is 6.30. The zero-order valence-corrected chi connectivity index (χ0v) is 12.6. The molecule has 0 fully saturated rings. The molecular formula is C15H18ClN3O2. The second kappa shape index (κ2) is 9.01. The third-order valence-electron chi connectivity index (χ3n) is 2.84. The van der Waals surface area contributed by atoms with Gasteiger partial charge in [0.2, 0.25) is 0 Å². The fraction of sp³-hybridized carbons (Fsp3) is 0.333. The highest BCUT2D eigenvalue weighted by atomic mass is 35.5. The molecule has 0 aliphatic rings. The topological polar surface area (TPSA) is 76.4 Å². The largest absolute Gasteiger partial charge is 0.395 e. The van der Waals surface area contributed by atoms with Crippen LogP contribution in [0.1, 0.15) is 12.5 Å². The molecule has 0 heterocycles. The van der Waals surface area contributed by atoms with E-state index in [1.807, 2.05) is 25.1 Å². The number of aliphatic hydroxyl groups excluding tert-OH is 1. The first kappa shape index (κ1) is 17.0. The Labute approximate surface area is 129 Å². The summed E-state index contributed by atoms with van der Waals surface area (Å²) in [6.07, 6.45) is 1.47. The molecule has 0 bridgehead atoms. The van der Waals surface area contributed by atoms with Crippen LogP contribution in [0.3, 0.4) is 0 Å². The van der Waals surface area contributed by atoms with Gasteiger partial charge in [-0.15, -0.1) is 0 Å². The lowest BCUT2D eigenvalue weighted by Crippen LogP contribution is -2.27. The third kappa shape index (κ3) is 5.86. The second-order valence-electron chi connectivity index (χ2n) is 4.32. The molecule has 21 heavy (non-hydrogen) atoms. The van der Waals surface area contributed by atoms with Gasteiger partial charge >= 0.3 is 0 Å². The molecule has 0 aliphatic heterocycles. The first-order chi connectivity index (χ1) is 10.1. The average Bonchev–Trinajstić information content (AvgIpc) is 2.50. The fourth-order valence-electron chi connectivity index (χ4n) is 1.64. The number of carbonyl (C=O) groups excluding carboxylic acids is 1. The lowest BCUT2D eigenvalue weighted by atomic mass is 10.2. The second-order valence-corrected chi connectivity index (χ2v) is 4.75. The van der Waals surface area contributed by atoms with Crippen LogP contribution in [0.25, 0.3) is 0 Å². The number of nitrogens with zero attached hydrogens (tertiary/aromatic N) is 2. The minimum Gasteiger partial charge on any atom is -0.395 e. The van der Waals surface area contributed by atoms with Crippen LogP contribution < -0.4 is 5.32 Å². The number of carbonyl (C=O) groups is 1. The van der Waals surface area contributed by atoms with Crippen LogP contribution in [0.5, 0.6) is 0 Å². The Hall–Kier alpha value is -2.03. The van der Waals surface area contributed by atoms with E-state index in [4.69, 9.17) is 22.0 Å². The molecule has 2 N–H and O–H groups in total.